The summed E-state index contributed by atoms with van der Waals surface area (Å²) in [5.41, 5.74) is 5.03. The lowest BCUT2D eigenvalue weighted by atomic mass is 10.0. The number of rotatable bonds is 6. The van der Waals surface area contributed by atoms with Crippen LogP contribution in [0.5, 0.6) is 11.5 Å². The Bertz CT molecular complexity index is 1600. The number of hydrogen-bond donors (Lipinski definition) is 2. The van der Waals surface area contributed by atoms with Gasteiger partial charge in [0.15, 0.2) is 17.3 Å². The van der Waals surface area contributed by atoms with Crippen molar-refractivity contribution in [2.45, 2.75) is 24.7 Å². The number of nitrogens with two attached hydrogens (primary N) is 1. The molecule has 10 nitrogen and oxygen atoms in total. The third-order valence-corrected chi connectivity index (χ3v) is 7.39. The molecule has 0 unspecified atom stereocenters. The van der Waals surface area contributed by atoms with Crippen molar-refractivity contribution in [1.29, 1.82) is 0 Å². The minimum absolute atomic E-state index is 0.0891. The first-order valence-electron chi connectivity index (χ1n) is 13.1. The quantitative estimate of drug-likeness (QED) is 0.315. The molecular formula is C28H25F4N7O3. The second-order valence-electron chi connectivity index (χ2n) is 9.99. The zero-order valence-electron chi connectivity index (χ0n) is 22.0. The van der Waals surface area contributed by atoms with Gasteiger partial charge in [-0.2, -0.15) is 23.4 Å². The number of nitrogens with zero attached hydrogens (tertiary/aromatic N) is 5. The molecule has 2 aliphatic rings. The van der Waals surface area contributed by atoms with Gasteiger partial charge in [-0.15, -0.1) is 0 Å². The summed E-state index contributed by atoms with van der Waals surface area (Å²) < 4.78 is 69.8. The molecule has 0 aliphatic carbocycles. The van der Waals surface area contributed by atoms with Crippen LogP contribution in [0.3, 0.4) is 0 Å². The molecule has 3 N–H and O–H groups in total. The average Bonchev–Trinajstić information content (AvgIpc) is 3.62. The number of carbonyl (C=O) groups excluding carboxylic acids is 1. The van der Waals surface area contributed by atoms with Crippen LogP contribution in [0.4, 0.5) is 28.9 Å². The zero-order valence-corrected chi connectivity index (χ0v) is 22.0. The zero-order chi connectivity index (χ0) is 29.4. The third kappa shape index (κ3) is 5.37. The molecule has 42 heavy (non-hydrogen) atoms. The average molecular weight is 584 g/mol. The topological polar surface area (TPSA) is 123 Å². The molecule has 0 saturated carbocycles. The molecule has 1 amide bonds. The van der Waals surface area contributed by atoms with Crippen LogP contribution in [0, 0.1) is 5.82 Å². The molecule has 2 atom stereocenters. The highest BCUT2D eigenvalue weighted by Crippen LogP contribution is 2.48. The van der Waals surface area contributed by atoms with E-state index in [1.807, 2.05) is 0 Å². The Kier molecular flexibility index (Phi) is 7.24. The Labute approximate surface area is 237 Å². The monoisotopic (exact) mass is 583 g/mol. The molecule has 4 heterocycles. The number of ether oxygens (including phenoxy) is 1. The summed E-state index contributed by atoms with van der Waals surface area (Å²) in [6.45, 7) is 1.67. The predicted octanol–water partition coefficient (Wildman–Crippen LogP) is 4.56. The van der Waals surface area contributed by atoms with E-state index in [2.05, 4.69) is 25.4 Å². The number of benzene rings is 2. The van der Waals surface area contributed by atoms with E-state index in [9.17, 15) is 22.4 Å². The number of para-hydroxylation sites is 1. The molecule has 0 bridgehead atoms. The number of halogens is 4. The van der Waals surface area contributed by atoms with Crippen LogP contribution in [-0.4, -0.2) is 64.3 Å². The van der Waals surface area contributed by atoms with Crippen LogP contribution in [0.2, 0.25) is 0 Å². The Morgan fingerprint density at radius 3 is 2.67 bits per heavy atom. The highest BCUT2D eigenvalue weighted by molar-refractivity contribution is 6.05. The van der Waals surface area contributed by atoms with E-state index in [0.717, 1.165) is 31.4 Å². The van der Waals surface area contributed by atoms with Crippen LogP contribution in [-0.2, 0) is 6.18 Å². The first-order chi connectivity index (χ1) is 20.2. The summed E-state index contributed by atoms with van der Waals surface area (Å²) in [5.74, 6) is -2.49. The van der Waals surface area contributed by atoms with Crippen LogP contribution >= 0.6 is 0 Å². The number of alkyl halides is 3. The number of carbonyl (C=O) groups is 1. The molecule has 4 aromatic rings. The van der Waals surface area contributed by atoms with Crippen LogP contribution in [0.25, 0.3) is 11.5 Å². The molecule has 6 rings (SSSR count). The summed E-state index contributed by atoms with van der Waals surface area (Å²) in [7, 11) is 0. The number of piperazine rings is 1. The maximum absolute atomic E-state index is 14.9. The summed E-state index contributed by atoms with van der Waals surface area (Å²) in [6, 6.07) is 8.74. The fraction of sp³-hybridized carbons (Fsp3) is 0.286. The molecule has 2 aliphatic heterocycles. The van der Waals surface area contributed by atoms with Crippen molar-refractivity contribution in [2.75, 3.05) is 36.4 Å². The lowest BCUT2D eigenvalue weighted by Gasteiger charge is -2.41. The fourth-order valence-corrected chi connectivity index (χ4v) is 5.36. The second-order valence-corrected chi connectivity index (χ2v) is 9.99. The van der Waals surface area contributed by atoms with Gasteiger partial charge in [0.2, 0.25) is 5.89 Å². The van der Waals surface area contributed by atoms with Crippen molar-refractivity contribution in [2.24, 2.45) is 5.73 Å². The first-order valence-corrected chi connectivity index (χ1v) is 13.1. The van der Waals surface area contributed by atoms with E-state index in [1.165, 1.54) is 36.7 Å². The molecule has 2 saturated heterocycles. The maximum atomic E-state index is 14.9. The van der Waals surface area contributed by atoms with Gasteiger partial charge in [-0.25, -0.2) is 9.37 Å². The number of oxazole rings is 1. The number of hydrogen-bond acceptors (Lipinski definition) is 9. The third-order valence-electron chi connectivity index (χ3n) is 7.39. The number of amides is 1. The summed E-state index contributed by atoms with van der Waals surface area (Å²) in [4.78, 5) is 21.1. The normalized spacial score (nSPS) is 19.0. The number of nitrogens with one attached hydrogen (secondary N) is 1. The summed E-state index contributed by atoms with van der Waals surface area (Å²) in [5, 5.41) is 9.99. The van der Waals surface area contributed by atoms with Gasteiger partial charge in [0, 0.05) is 38.3 Å². The minimum atomic E-state index is -4.93. The molecule has 2 aromatic carbocycles. The van der Waals surface area contributed by atoms with E-state index in [-0.39, 0.29) is 53.9 Å². The number of fused-ring (bicyclic) bond motifs is 1. The van der Waals surface area contributed by atoms with E-state index in [1.54, 1.807) is 11.0 Å². The van der Waals surface area contributed by atoms with Crippen molar-refractivity contribution in [3.8, 4) is 23.0 Å². The Morgan fingerprint density at radius 2 is 1.90 bits per heavy atom. The van der Waals surface area contributed by atoms with E-state index >= 15 is 0 Å². The molecular weight excluding hydrogens is 558 g/mol. The molecule has 0 spiro atoms. The standard InChI is InChI=1S/C28H25F4N7O3/c29-17-3-1-2-4-22(17)42-23-6-5-19(36-26(40)20-15-41-27(37-20)16-7-9-34-35-13-16)25(24(23)28(30,31)32)39-12-11-38-10-8-18(33)21(38)14-39/h1-7,9,13,15,18,21H,8,10-12,14,33H2,(H,36,40)/t18-,21+/m1/s1. The molecule has 218 valence electrons. The SMILES string of the molecule is N[C@@H]1CCN2CCN(c3c(NC(=O)c4coc(-c5ccnnc5)n4)ccc(Oc4ccccc4F)c3C(F)(F)F)C[C@@H]12. The van der Waals surface area contributed by atoms with Gasteiger partial charge < -0.3 is 25.1 Å². The lowest BCUT2D eigenvalue weighted by Crippen LogP contribution is -2.55. The Balaban J connectivity index is 1.41. The predicted molar refractivity (Wildman–Crippen MR) is 144 cm³/mol. The van der Waals surface area contributed by atoms with E-state index in [0.29, 0.717) is 12.1 Å². The van der Waals surface area contributed by atoms with Crippen LogP contribution in [0.1, 0.15) is 22.5 Å². The van der Waals surface area contributed by atoms with Crippen molar-refractivity contribution in [1.82, 2.24) is 20.1 Å². The Hall–Kier alpha value is -4.56. The van der Waals surface area contributed by atoms with E-state index < -0.39 is 29.2 Å². The molecule has 2 aromatic heterocycles. The van der Waals surface area contributed by atoms with E-state index in [4.69, 9.17) is 14.9 Å². The molecule has 14 heteroatoms. The van der Waals surface area contributed by atoms with Crippen molar-refractivity contribution < 1.29 is 31.5 Å². The van der Waals surface area contributed by atoms with Crippen LogP contribution < -0.4 is 20.7 Å². The van der Waals surface area contributed by atoms with Crippen molar-refractivity contribution >= 4 is 17.3 Å². The maximum Gasteiger partial charge on any atom is 0.422 e. The number of anilines is 2. The minimum Gasteiger partial charge on any atom is -0.454 e. The fourth-order valence-electron chi connectivity index (χ4n) is 5.36. The van der Waals surface area contributed by atoms with Gasteiger partial charge in [-0.3, -0.25) is 9.69 Å². The Morgan fingerprint density at radius 1 is 1.07 bits per heavy atom. The highest BCUT2D eigenvalue weighted by Gasteiger charge is 2.44. The number of aromatic nitrogens is 3. The summed E-state index contributed by atoms with van der Waals surface area (Å²) in [6.07, 6.45) is -0.289. The van der Waals surface area contributed by atoms with Gasteiger partial charge in [-0.1, -0.05) is 12.1 Å². The molecule has 0 radical (unpaired) electrons. The lowest BCUT2D eigenvalue weighted by molar-refractivity contribution is -0.138. The van der Waals surface area contributed by atoms with Crippen molar-refractivity contribution in [3.63, 3.8) is 0 Å². The van der Waals surface area contributed by atoms with Gasteiger partial charge in [0.05, 0.1) is 29.3 Å². The van der Waals surface area contributed by atoms with Gasteiger partial charge in [-0.05, 0) is 36.8 Å². The summed E-state index contributed by atoms with van der Waals surface area (Å²) >= 11 is 0. The van der Waals surface area contributed by atoms with Gasteiger partial charge in [0.1, 0.15) is 17.6 Å². The van der Waals surface area contributed by atoms with Crippen LogP contribution in [0.15, 0.2) is 65.5 Å². The second kappa shape index (κ2) is 11.0. The first kappa shape index (κ1) is 27.6. The molecule has 2 fully saturated rings. The largest absolute Gasteiger partial charge is 0.454 e. The van der Waals surface area contributed by atoms with Gasteiger partial charge >= 0.3 is 6.18 Å². The highest BCUT2D eigenvalue weighted by atomic mass is 19.4. The smallest absolute Gasteiger partial charge is 0.422 e. The van der Waals surface area contributed by atoms with Gasteiger partial charge in [0.25, 0.3) is 5.91 Å². The van der Waals surface area contributed by atoms with Crippen molar-refractivity contribution in [3.05, 3.63) is 78.2 Å².